The molecule has 6 nitrogen and oxygen atoms in total. The number of unbranched alkanes of at least 4 members (excludes halogenated alkanes) is 2. The standard InChI is InChI=1S/C14H26BrN3O3S/c1-10(18-14(21)9-22)17-12(13(20)8-16)6-4-2-3-5-11(19)7-15/h10,12,17,22H,2-9,16H2,1H3,(H,18,21). The maximum Gasteiger partial charge on any atom is 0.230 e. The van der Waals surface area contributed by atoms with Crippen LogP contribution < -0.4 is 16.4 Å². The number of Topliss-reactive ketones (excluding diaryl/α,β-unsaturated/α-hetero) is 2. The van der Waals surface area contributed by atoms with Gasteiger partial charge in [-0.05, 0) is 19.8 Å². The highest BCUT2D eigenvalue weighted by molar-refractivity contribution is 9.09. The van der Waals surface area contributed by atoms with Crippen molar-refractivity contribution in [1.29, 1.82) is 0 Å². The molecule has 0 radical (unpaired) electrons. The molecule has 0 spiro atoms. The Kier molecular flexibility index (Phi) is 12.8. The number of thiol groups is 1. The number of carbonyl (C=O) groups is 3. The van der Waals surface area contributed by atoms with Crippen molar-refractivity contribution < 1.29 is 14.4 Å². The van der Waals surface area contributed by atoms with Crippen molar-refractivity contribution in [3.63, 3.8) is 0 Å². The van der Waals surface area contributed by atoms with Crippen molar-refractivity contribution in [3.05, 3.63) is 0 Å². The minimum absolute atomic E-state index is 0.0347. The summed E-state index contributed by atoms with van der Waals surface area (Å²) in [7, 11) is 0. The molecule has 0 saturated heterocycles. The molecular weight excluding hydrogens is 370 g/mol. The fraction of sp³-hybridized carbons (Fsp3) is 0.786. The molecule has 0 aliphatic heterocycles. The quantitative estimate of drug-likeness (QED) is 0.160. The fourth-order valence-electron chi connectivity index (χ4n) is 2.02. The minimum Gasteiger partial charge on any atom is -0.340 e. The van der Waals surface area contributed by atoms with Gasteiger partial charge < -0.3 is 11.1 Å². The van der Waals surface area contributed by atoms with Crippen LogP contribution in [0.3, 0.4) is 0 Å². The molecule has 0 aromatic rings. The van der Waals surface area contributed by atoms with E-state index in [0.29, 0.717) is 18.2 Å². The van der Waals surface area contributed by atoms with Gasteiger partial charge in [0, 0.05) is 6.42 Å². The third kappa shape index (κ3) is 10.3. The van der Waals surface area contributed by atoms with E-state index in [-0.39, 0.29) is 42.0 Å². The van der Waals surface area contributed by atoms with Crippen molar-refractivity contribution in [2.24, 2.45) is 5.73 Å². The number of hydrogen-bond donors (Lipinski definition) is 4. The highest BCUT2D eigenvalue weighted by atomic mass is 79.9. The molecule has 8 heteroatoms. The predicted molar refractivity (Wildman–Crippen MR) is 94.3 cm³/mol. The van der Waals surface area contributed by atoms with Crippen molar-refractivity contribution in [2.45, 2.75) is 51.2 Å². The van der Waals surface area contributed by atoms with Gasteiger partial charge in [-0.1, -0.05) is 28.8 Å². The van der Waals surface area contributed by atoms with Gasteiger partial charge in [-0.15, -0.1) is 0 Å². The van der Waals surface area contributed by atoms with E-state index in [1.807, 2.05) is 0 Å². The largest absolute Gasteiger partial charge is 0.340 e. The Labute approximate surface area is 145 Å². The molecular formula is C14H26BrN3O3S. The van der Waals surface area contributed by atoms with Crippen molar-refractivity contribution in [2.75, 3.05) is 17.6 Å². The van der Waals surface area contributed by atoms with E-state index in [2.05, 4.69) is 39.2 Å². The fourth-order valence-corrected chi connectivity index (χ4v) is 2.40. The number of nitrogens with two attached hydrogens (primary N) is 1. The van der Waals surface area contributed by atoms with Crippen LogP contribution >= 0.6 is 28.6 Å². The van der Waals surface area contributed by atoms with E-state index in [1.54, 1.807) is 6.92 Å². The van der Waals surface area contributed by atoms with Gasteiger partial charge in [-0.25, -0.2) is 0 Å². The summed E-state index contributed by atoms with van der Waals surface area (Å²) in [6.07, 6.45) is 3.40. The highest BCUT2D eigenvalue weighted by Gasteiger charge is 2.19. The molecule has 2 unspecified atom stereocenters. The Hall–Kier alpha value is -0.440. The first kappa shape index (κ1) is 21.6. The molecule has 2 atom stereocenters. The maximum atomic E-state index is 11.8. The lowest BCUT2D eigenvalue weighted by molar-refractivity contribution is -0.122. The monoisotopic (exact) mass is 395 g/mol. The van der Waals surface area contributed by atoms with E-state index in [0.717, 1.165) is 19.3 Å². The van der Waals surface area contributed by atoms with Crippen LogP contribution in [-0.2, 0) is 14.4 Å². The molecule has 22 heavy (non-hydrogen) atoms. The average Bonchev–Trinajstić information content (AvgIpc) is 2.51. The number of nitrogens with one attached hydrogen (secondary N) is 2. The van der Waals surface area contributed by atoms with Gasteiger partial charge in [0.25, 0.3) is 0 Å². The Balaban J connectivity index is 4.16. The van der Waals surface area contributed by atoms with Crippen LogP contribution in [0.25, 0.3) is 0 Å². The van der Waals surface area contributed by atoms with E-state index in [4.69, 9.17) is 5.73 Å². The molecule has 0 aliphatic rings. The second-order valence-corrected chi connectivity index (χ2v) is 5.99. The normalized spacial score (nSPS) is 13.5. The molecule has 0 aromatic carbocycles. The second kappa shape index (κ2) is 13.0. The Morgan fingerprint density at radius 3 is 2.45 bits per heavy atom. The first-order valence-electron chi connectivity index (χ1n) is 7.41. The van der Waals surface area contributed by atoms with Crippen LogP contribution in [0, 0.1) is 0 Å². The van der Waals surface area contributed by atoms with Gasteiger partial charge in [0.15, 0.2) is 5.78 Å². The first-order chi connectivity index (χ1) is 10.4. The van der Waals surface area contributed by atoms with Crippen LogP contribution in [0.15, 0.2) is 0 Å². The van der Waals surface area contributed by atoms with Gasteiger partial charge in [0.1, 0.15) is 5.78 Å². The Morgan fingerprint density at radius 2 is 1.91 bits per heavy atom. The summed E-state index contributed by atoms with van der Waals surface area (Å²) >= 11 is 7.02. The zero-order chi connectivity index (χ0) is 17.0. The molecule has 4 N–H and O–H groups in total. The second-order valence-electron chi connectivity index (χ2n) is 5.11. The Bertz CT molecular complexity index is 369. The lowest BCUT2D eigenvalue weighted by Gasteiger charge is -2.22. The first-order valence-corrected chi connectivity index (χ1v) is 9.16. The molecule has 128 valence electrons. The number of rotatable bonds is 13. The van der Waals surface area contributed by atoms with Gasteiger partial charge >= 0.3 is 0 Å². The van der Waals surface area contributed by atoms with Gasteiger partial charge in [0.2, 0.25) is 5.91 Å². The lowest BCUT2D eigenvalue weighted by atomic mass is 10.0. The van der Waals surface area contributed by atoms with Crippen LogP contribution in [0.2, 0.25) is 0 Å². The number of amides is 1. The number of carbonyl (C=O) groups excluding carboxylic acids is 3. The molecule has 0 aromatic heterocycles. The predicted octanol–water partition coefficient (Wildman–Crippen LogP) is 0.779. The lowest BCUT2D eigenvalue weighted by Crippen LogP contribution is -2.51. The molecule has 0 heterocycles. The van der Waals surface area contributed by atoms with Gasteiger partial charge in [0.05, 0.1) is 29.8 Å². The van der Waals surface area contributed by atoms with Crippen LogP contribution in [0.5, 0.6) is 0 Å². The summed E-state index contributed by atoms with van der Waals surface area (Å²) in [5.74, 6) is 0.0122. The molecule has 0 aliphatic carbocycles. The molecule has 0 saturated carbocycles. The summed E-state index contributed by atoms with van der Waals surface area (Å²) in [5.41, 5.74) is 5.43. The minimum atomic E-state index is -0.382. The van der Waals surface area contributed by atoms with Crippen LogP contribution in [-0.4, -0.2) is 47.3 Å². The summed E-state index contributed by atoms with van der Waals surface area (Å²) in [6, 6.07) is -0.382. The number of halogens is 1. The topological polar surface area (TPSA) is 101 Å². The molecule has 0 rings (SSSR count). The van der Waals surface area contributed by atoms with E-state index in [9.17, 15) is 14.4 Å². The third-order valence-electron chi connectivity index (χ3n) is 3.16. The van der Waals surface area contributed by atoms with Gasteiger partial charge in [-0.2, -0.15) is 12.6 Å². The molecule has 0 fully saturated rings. The zero-order valence-electron chi connectivity index (χ0n) is 12.9. The molecule has 0 bridgehead atoms. The Morgan fingerprint density at radius 1 is 1.23 bits per heavy atom. The van der Waals surface area contributed by atoms with E-state index in [1.165, 1.54) is 0 Å². The van der Waals surface area contributed by atoms with Crippen LogP contribution in [0.1, 0.15) is 39.0 Å². The number of hydrogen-bond acceptors (Lipinski definition) is 6. The van der Waals surface area contributed by atoms with E-state index < -0.39 is 0 Å². The van der Waals surface area contributed by atoms with Crippen molar-refractivity contribution in [3.8, 4) is 0 Å². The molecule has 1 amide bonds. The van der Waals surface area contributed by atoms with Crippen LogP contribution in [0.4, 0.5) is 0 Å². The van der Waals surface area contributed by atoms with Crippen molar-refractivity contribution >= 4 is 46.0 Å². The summed E-state index contributed by atoms with van der Waals surface area (Å²) in [5, 5.41) is 6.16. The zero-order valence-corrected chi connectivity index (χ0v) is 15.4. The third-order valence-corrected chi connectivity index (χ3v) is 4.07. The van der Waals surface area contributed by atoms with Crippen molar-refractivity contribution in [1.82, 2.24) is 10.6 Å². The van der Waals surface area contributed by atoms with E-state index >= 15 is 0 Å². The summed E-state index contributed by atoms with van der Waals surface area (Å²) < 4.78 is 0. The number of ketones is 2. The summed E-state index contributed by atoms with van der Waals surface area (Å²) in [4.78, 5) is 34.3. The average molecular weight is 396 g/mol. The number of alkyl halides is 1. The summed E-state index contributed by atoms with van der Waals surface area (Å²) in [6.45, 7) is 1.74. The maximum absolute atomic E-state index is 11.8. The van der Waals surface area contributed by atoms with Gasteiger partial charge in [-0.3, -0.25) is 19.7 Å². The smallest absolute Gasteiger partial charge is 0.230 e. The highest BCUT2D eigenvalue weighted by Crippen LogP contribution is 2.08. The SMILES string of the molecule is CC(NC(=O)CS)NC(CCCCCC(=O)CBr)C(=O)CN.